The molecule has 0 spiro atoms. The van der Waals surface area contributed by atoms with E-state index in [1.54, 1.807) is 7.05 Å². The largest absolute Gasteiger partial charge is 0.416 e. The number of hydrogen-bond acceptors (Lipinski definition) is 4. The molecule has 0 saturated carbocycles. The average Bonchev–Trinajstić information content (AvgIpc) is 2.78. The highest BCUT2D eigenvalue weighted by molar-refractivity contribution is 5.56. The maximum absolute atomic E-state index is 13.4. The molecule has 1 aromatic carbocycles. The van der Waals surface area contributed by atoms with Crippen molar-refractivity contribution in [3.63, 3.8) is 0 Å². The van der Waals surface area contributed by atoms with Crippen molar-refractivity contribution in [2.24, 2.45) is 0 Å². The van der Waals surface area contributed by atoms with Crippen LogP contribution in [0.15, 0.2) is 18.2 Å². The lowest BCUT2D eigenvalue weighted by Gasteiger charge is -2.09. The van der Waals surface area contributed by atoms with Crippen LogP contribution in [0.2, 0.25) is 0 Å². The lowest BCUT2D eigenvalue weighted by molar-refractivity contribution is -0.137. The number of anilines is 3. The van der Waals surface area contributed by atoms with E-state index in [0.29, 0.717) is 18.1 Å². The van der Waals surface area contributed by atoms with E-state index in [4.69, 9.17) is 0 Å². The zero-order chi connectivity index (χ0) is 14.0. The van der Waals surface area contributed by atoms with Gasteiger partial charge in [0.1, 0.15) is 5.82 Å². The quantitative estimate of drug-likeness (QED) is 0.753. The molecule has 0 aliphatic rings. The minimum Gasteiger partial charge on any atom is -0.358 e. The maximum atomic E-state index is 13.4. The molecule has 3 N–H and O–H groups in total. The van der Waals surface area contributed by atoms with Crippen molar-refractivity contribution >= 4 is 17.6 Å². The molecule has 0 aliphatic carbocycles. The Morgan fingerprint density at radius 2 is 2.00 bits per heavy atom. The third kappa shape index (κ3) is 2.92. The summed E-state index contributed by atoms with van der Waals surface area (Å²) < 4.78 is 50.9. The minimum absolute atomic E-state index is 0.0393. The summed E-state index contributed by atoms with van der Waals surface area (Å²) in [6, 6.07) is 2.05. The van der Waals surface area contributed by atoms with Crippen molar-refractivity contribution in [1.29, 1.82) is 0 Å². The van der Waals surface area contributed by atoms with Gasteiger partial charge in [0.25, 0.3) is 0 Å². The Morgan fingerprint density at radius 1 is 1.26 bits per heavy atom. The van der Waals surface area contributed by atoms with Gasteiger partial charge in [0.15, 0.2) is 0 Å². The summed E-state index contributed by atoms with van der Waals surface area (Å²) in [6.07, 6.45) is -4.54. The van der Waals surface area contributed by atoms with E-state index in [1.807, 2.05) is 0 Å². The second kappa shape index (κ2) is 4.75. The summed E-state index contributed by atoms with van der Waals surface area (Å²) in [4.78, 5) is 3.82. The van der Waals surface area contributed by atoms with E-state index in [1.165, 1.54) is 0 Å². The van der Waals surface area contributed by atoms with Gasteiger partial charge in [-0.05, 0) is 18.2 Å². The van der Waals surface area contributed by atoms with Crippen LogP contribution in [0.1, 0.15) is 5.56 Å². The van der Waals surface area contributed by atoms with Gasteiger partial charge >= 0.3 is 6.18 Å². The second-order valence-electron chi connectivity index (χ2n) is 3.58. The van der Waals surface area contributed by atoms with Crippen molar-refractivity contribution in [2.45, 2.75) is 6.18 Å². The number of nitrogens with one attached hydrogen (secondary N) is 3. The first-order valence-corrected chi connectivity index (χ1v) is 5.14. The molecular formula is C10H9F4N5. The number of rotatable bonds is 3. The fourth-order valence-corrected chi connectivity index (χ4v) is 1.35. The summed E-state index contributed by atoms with van der Waals surface area (Å²) in [5.74, 6) is -0.568. The fourth-order valence-electron chi connectivity index (χ4n) is 1.35. The number of benzene rings is 1. The number of H-pyrrole nitrogens is 1. The molecule has 102 valence electrons. The van der Waals surface area contributed by atoms with Crippen molar-refractivity contribution in [3.05, 3.63) is 29.6 Å². The zero-order valence-electron chi connectivity index (χ0n) is 9.64. The predicted molar refractivity (Wildman–Crippen MR) is 60.6 cm³/mol. The van der Waals surface area contributed by atoms with Crippen molar-refractivity contribution in [3.8, 4) is 0 Å². The lowest BCUT2D eigenvalue weighted by Crippen LogP contribution is -2.06. The molecule has 5 nitrogen and oxygen atoms in total. The van der Waals surface area contributed by atoms with Crippen LogP contribution in [-0.4, -0.2) is 22.2 Å². The zero-order valence-corrected chi connectivity index (χ0v) is 9.64. The van der Waals surface area contributed by atoms with E-state index >= 15 is 0 Å². The molecule has 0 bridgehead atoms. The molecule has 9 heteroatoms. The van der Waals surface area contributed by atoms with Gasteiger partial charge in [0.05, 0.1) is 11.3 Å². The van der Waals surface area contributed by atoms with Crippen LogP contribution in [0.25, 0.3) is 0 Å². The predicted octanol–water partition coefficient (Wildman–Crippen LogP) is 2.75. The molecule has 2 rings (SSSR count). The van der Waals surface area contributed by atoms with Crippen molar-refractivity contribution in [2.75, 3.05) is 17.7 Å². The number of aromatic amines is 1. The van der Waals surface area contributed by atoms with E-state index in [0.717, 1.165) is 6.07 Å². The Kier molecular flexibility index (Phi) is 3.28. The number of hydrogen-bond donors (Lipinski definition) is 3. The monoisotopic (exact) mass is 275 g/mol. The second-order valence-corrected chi connectivity index (χ2v) is 3.58. The molecule has 0 fully saturated rings. The SMILES string of the molecule is CNc1nc(Nc2cc(C(F)(F)F)ccc2F)n[nH]1. The number of nitrogens with zero attached hydrogens (tertiary/aromatic N) is 2. The van der Waals surface area contributed by atoms with E-state index in [2.05, 4.69) is 25.8 Å². The fraction of sp³-hybridized carbons (Fsp3) is 0.200. The highest BCUT2D eigenvalue weighted by Gasteiger charge is 2.31. The van der Waals surface area contributed by atoms with Crippen LogP contribution in [0, 0.1) is 5.82 Å². The minimum atomic E-state index is -4.54. The van der Waals surface area contributed by atoms with Crippen LogP contribution < -0.4 is 10.6 Å². The van der Waals surface area contributed by atoms with Gasteiger partial charge < -0.3 is 10.6 Å². The van der Waals surface area contributed by atoms with Gasteiger partial charge in [-0.15, -0.1) is 5.10 Å². The first kappa shape index (κ1) is 13.1. The van der Waals surface area contributed by atoms with Crippen molar-refractivity contribution < 1.29 is 17.6 Å². The van der Waals surface area contributed by atoms with Crippen LogP contribution in [0.5, 0.6) is 0 Å². The number of alkyl halides is 3. The van der Waals surface area contributed by atoms with E-state index < -0.39 is 17.6 Å². The Labute approximate surface area is 105 Å². The van der Waals surface area contributed by atoms with Gasteiger partial charge in [-0.3, -0.25) is 0 Å². The molecule has 0 aliphatic heterocycles. The molecule has 19 heavy (non-hydrogen) atoms. The van der Waals surface area contributed by atoms with Gasteiger partial charge in [-0.1, -0.05) is 0 Å². The first-order valence-electron chi connectivity index (χ1n) is 5.14. The Balaban J connectivity index is 2.28. The van der Waals surface area contributed by atoms with E-state index in [9.17, 15) is 17.6 Å². The van der Waals surface area contributed by atoms with Crippen LogP contribution in [0.4, 0.5) is 35.1 Å². The molecule has 0 atom stereocenters. The molecular weight excluding hydrogens is 266 g/mol. The van der Waals surface area contributed by atoms with Crippen molar-refractivity contribution in [1.82, 2.24) is 15.2 Å². The van der Waals surface area contributed by atoms with Crippen LogP contribution in [0.3, 0.4) is 0 Å². The standard InChI is InChI=1S/C10H9F4N5/c1-15-8-17-9(19-18-8)16-7-4-5(10(12,13)14)2-3-6(7)11/h2-4H,1H3,(H3,15,16,17,18,19). The summed E-state index contributed by atoms with van der Waals surface area (Å²) in [5, 5.41) is 11.1. The molecule has 0 saturated heterocycles. The molecule has 0 amide bonds. The first-order chi connectivity index (χ1) is 8.90. The molecule has 1 aromatic heterocycles. The summed E-state index contributed by atoms with van der Waals surface area (Å²) in [7, 11) is 1.58. The van der Waals surface area contributed by atoms with E-state index in [-0.39, 0.29) is 11.6 Å². The number of aromatic nitrogens is 3. The normalized spacial score (nSPS) is 11.4. The highest BCUT2D eigenvalue weighted by Crippen LogP contribution is 2.32. The summed E-state index contributed by atoms with van der Waals surface area (Å²) in [5.41, 5.74) is -1.31. The smallest absolute Gasteiger partial charge is 0.358 e. The Hall–Kier alpha value is -2.32. The third-order valence-electron chi connectivity index (χ3n) is 2.26. The summed E-state index contributed by atoms with van der Waals surface area (Å²) in [6.45, 7) is 0. The Bertz CT molecular complexity index is 578. The molecule has 1 heterocycles. The van der Waals surface area contributed by atoms with Gasteiger partial charge in [-0.2, -0.15) is 18.2 Å². The van der Waals surface area contributed by atoms with Crippen LogP contribution in [-0.2, 0) is 6.18 Å². The Morgan fingerprint density at radius 3 is 2.58 bits per heavy atom. The van der Waals surface area contributed by atoms with Crippen LogP contribution >= 0.6 is 0 Å². The molecule has 2 aromatic rings. The highest BCUT2D eigenvalue weighted by atomic mass is 19.4. The maximum Gasteiger partial charge on any atom is 0.416 e. The molecule has 0 radical (unpaired) electrons. The average molecular weight is 275 g/mol. The lowest BCUT2D eigenvalue weighted by atomic mass is 10.2. The molecule has 0 unspecified atom stereocenters. The third-order valence-corrected chi connectivity index (χ3v) is 2.26. The van der Waals surface area contributed by atoms with Gasteiger partial charge in [-0.25, -0.2) is 9.49 Å². The van der Waals surface area contributed by atoms with Gasteiger partial charge in [0, 0.05) is 7.05 Å². The summed E-state index contributed by atoms with van der Waals surface area (Å²) >= 11 is 0. The topological polar surface area (TPSA) is 65.6 Å². The van der Waals surface area contributed by atoms with Gasteiger partial charge in [0.2, 0.25) is 11.9 Å². The number of halogens is 4.